The first-order valence-corrected chi connectivity index (χ1v) is 21.8. The number of esters is 1. The second-order valence-corrected chi connectivity index (χ2v) is 25.3. The number of aliphatic hydroxyl groups is 1. The van der Waals surface area contributed by atoms with Crippen LogP contribution in [0.5, 0.6) is 0 Å². The Morgan fingerprint density at radius 3 is 2.02 bits per heavy atom. The molecule has 2 aliphatic rings. The van der Waals surface area contributed by atoms with Crippen molar-refractivity contribution >= 4 is 33.3 Å². The van der Waals surface area contributed by atoms with Gasteiger partial charge in [-0.25, -0.2) is 0 Å². The molecule has 1 N–H and O–H groups in total. The highest BCUT2D eigenvalue weighted by Gasteiger charge is 2.63. The largest absolute Gasteiger partial charge is 0.451 e. The molecule has 8 heteroatoms. The van der Waals surface area contributed by atoms with E-state index in [-0.39, 0.29) is 17.2 Å². The van der Waals surface area contributed by atoms with Crippen molar-refractivity contribution in [3.63, 3.8) is 0 Å². The summed E-state index contributed by atoms with van der Waals surface area (Å²) in [7, 11) is -4.54. The summed E-state index contributed by atoms with van der Waals surface area (Å²) in [4.78, 5) is 27.7. The van der Waals surface area contributed by atoms with Crippen LogP contribution in [0.15, 0.2) is 72.8 Å². The monoisotopic (exact) mass is 636 g/mol. The molecule has 6 nitrogen and oxygen atoms in total. The van der Waals surface area contributed by atoms with E-state index in [4.69, 9.17) is 13.9 Å². The molecule has 2 aromatic rings. The third-order valence-electron chi connectivity index (χ3n) is 10.1. The number of ether oxygens (including phenoxy) is 2. The molecule has 0 saturated heterocycles. The fourth-order valence-electron chi connectivity index (χ4n) is 5.99. The van der Waals surface area contributed by atoms with Crippen LogP contribution in [0.3, 0.4) is 0 Å². The Labute approximate surface area is 266 Å². The van der Waals surface area contributed by atoms with E-state index in [1.807, 2.05) is 42.5 Å². The Morgan fingerprint density at radius 2 is 1.48 bits per heavy atom. The van der Waals surface area contributed by atoms with Gasteiger partial charge in [0.05, 0.1) is 26.2 Å². The molecule has 0 heterocycles. The van der Waals surface area contributed by atoms with Gasteiger partial charge in [0.1, 0.15) is 6.10 Å². The maximum absolute atomic E-state index is 14.4. The Bertz CT molecular complexity index is 1340. The zero-order valence-electron chi connectivity index (χ0n) is 28.2. The first-order valence-electron chi connectivity index (χ1n) is 15.8. The molecule has 0 aliphatic heterocycles. The molecule has 0 radical (unpaired) electrons. The summed E-state index contributed by atoms with van der Waals surface area (Å²) in [6, 6.07) is 20.3. The zero-order valence-corrected chi connectivity index (χ0v) is 30.2. The maximum Gasteiger partial charge on any atom is 0.312 e. The van der Waals surface area contributed by atoms with Crippen molar-refractivity contribution < 1.29 is 28.6 Å². The van der Waals surface area contributed by atoms with Crippen molar-refractivity contribution in [1.29, 1.82) is 0 Å². The predicted molar refractivity (Wildman–Crippen MR) is 181 cm³/mol. The summed E-state index contributed by atoms with van der Waals surface area (Å²) in [6.07, 6.45) is 1.40. The van der Waals surface area contributed by atoms with Gasteiger partial charge in [-0.05, 0) is 62.5 Å². The SMILES string of the molecule is CC(C)(C)C(=O)O[C@H]1C(=O)[C@@]2(O)C=C[C@H]([Si](C)(C)c3ccccc3)C[C@H]2[C@@H](O[Si](C)(C)C(C)(C)C)[C@@H]1OCc1ccccc1. The average molecular weight is 637 g/mol. The van der Waals surface area contributed by atoms with Crippen LogP contribution in [0.1, 0.15) is 53.5 Å². The smallest absolute Gasteiger partial charge is 0.312 e. The fourth-order valence-corrected chi connectivity index (χ4v) is 10.2. The Balaban J connectivity index is 1.84. The highest BCUT2D eigenvalue weighted by molar-refractivity contribution is 6.91. The molecule has 0 amide bonds. The summed E-state index contributed by atoms with van der Waals surface area (Å²) < 4.78 is 19.8. The molecule has 2 aliphatic carbocycles. The number of benzene rings is 2. The molecule has 1 saturated carbocycles. The Hall–Kier alpha value is -2.37. The van der Waals surface area contributed by atoms with Crippen LogP contribution in [-0.4, -0.2) is 57.2 Å². The quantitative estimate of drug-likeness (QED) is 0.195. The Morgan fingerprint density at radius 1 is 0.909 bits per heavy atom. The molecule has 44 heavy (non-hydrogen) atoms. The van der Waals surface area contributed by atoms with E-state index in [0.717, 1.165) is 5.56 Å². The number of hydrogen-bond acceptors (Lipinski definition) is 6. The van der Waals surface area contributed by atoms with Gasteiger partial charge in [-0.15, -0.1) is 0 Å². The molecule has 2 aromatic carbocycles. The van der Waals surface area contributed by atoms with E-state index in [1.54, 1.807) is 26.8 Å². The summed E-state index contributed by atoms with van der Waals surface area (Å²) >= 11 is 0. The number of carbonyl (C=O) groups excluding carboxylic acids is 2. The van der Waals surface area contributed by atoms with Gasteiger partial charge in [-0.2, -0.15) is 0 Å². The highest BCUT2D eigenvalue weighted by Crippen LogP contribution is 2.50. The van der Waals surface area contributed by atoms with Gasteiger partial charge >= 0.3 is 5.97 Å². The molecule has 4 rings (SSSR count). The second kappa shape index (κ2) is 12.4. The van der Waals surface area contributed by atoms with E-state index in [2.05, 4.69) is 71.2 Å². The molecular formula is C36H52O6Si2. The van der Waals surface area contributed by atoms with Gasteiger partial charge < -0.3 is 19.0 Å². The topological polar surface area (TPSA) is 82.1 Å². The van der Waals surface area contributed by atoms with Crippen molar-refractivity contribution in [2.45, 2.75) is 115 Å². The van der Waals surface area contributed by atoms with Crippen LogP contribution in [0.4, 0.5) is 0 Å². The molecule has 6 atom stereocenters. The number of Topliss-reactive ketones (excluding diaryl/α,β-unsaturated/α-hetero) is 1. The van der Waals surface area contributed by atoms with Crippen molar-refractivity contribution in [3.05, 3.63) is 78.4 Å². The molecule has 1 fully saturated rings. The van der Waals surface area contributed by atoms with Gasteiger partial charge in [0.25, 0.3) is 0 Å². The molecule has 0 spiro atoms. The lowest BCUT2D eigenvalue weighted by Crippen LogP contribution is -2.70. The minimum Gasteiger partial charge on any atom is -0.451 e. The van der Waals surface area contributed by atoms with Crippen LogP contribution in [0.2, 0.25) is 36.8 Å². The summed E-state index contributed by atoms with van der Waals surface area (Å²) in [5.41, 5.74) is -1.61. The third-order valence-corrected chi connectivity index (χ3v) is 18.7. The predicted octanol–water partition coefficient (Wildman–Crippen LogP) is 6.80. The van der Waals surface area contributed by atoms with E-state index in [1.165, 1.54) is 5.19 Å². The minimum absolute atomic E-state index is 0.143. The summed E-state index contributed by atoms with van der Waals surface area (Å²) in [5.74, 6) is -1.63. The van der Waals surface area contributed by atoms with E-state index in [0.29, 0.717) is 6.42 Å². The molecule has 240 valence electrons. The number of ketones is 1. The van der Waals surface area contributed by atoms with Gasteiger partial charge in [0.2, 0.25) is 5.78 Å². The summed E-state index contributed by atoms with van der Waals surface area (Å²) in [5, 5.41) is 13.5. The molecular weight excluding hydrogens is 585 g/mol. The standard InChI is InChI=1S/C36H52O6Si2/c1-34(2,3)33(38)41-31-30(40-24-25-17-13-11-14-18-25)29(42-44(9,10)35(4,5)6)28-23-27(21-22-36(28,39)32(31)37)43(7,8)26-19-15-12-16-20-26/h11-22,27-31,39H,23-24H2,1-10H3/t27-,28-,29+,30-,31+,36+/m0/s1. The fraction of sp³-hybridized carbons (Fsp3) is 0.556. The number of allylic oxidation sites excluding steroid dienone is 1. The van der Waals surface area contributed by atoms with Crippen molar-refractivity contribution in [3.8, 4) is 0 Å². The third kappa shape index (κ3) is 6.89. The van der Waals surface area contributed by atoms with Gasteiger partial charge in [0, 0.05) is 5.92 Å². The number of carbonyl (C=O) groups is 2. The van der Waals surface area contributed by atoms with Crippen LogP contribution in [-0.2, 0) is 30.1 Å². The van der Waals surface area contributed by atoms with Crippen molar-refractivity contribution in [2.75, 3.05) is 0 Å². The second-order valence-electron chi connectivity index (χ2n) is 15.8. The van der Waals surface area contributed by atoms with Crippen molar-refractivity contribution in [2.24, 2.45) is 11.3 Å². The average Bonchev–Trinajstić information content (AvgIpc) is 2.95. The van der Waals surface area contributed by atoms with Crippen LogP contribution >= 0.6 is 0 Å². The van der Waals surface area contributed by atoms with Gasteiger partial charge in [-0.3, -0.25) is 9.59 Å². The molecule has 0 bridgehead atoms. The van der Waals surface area contributed by atoms with Gasteiger partial charge in [0.15, 0.2) is 20.0 Å². The van der Waals surface area contributed by atoms with E-state index in [9.17, 15) is 14.7 Å². The first-order chi connectivity index (χ1) is 20.3. The van der Waals surface area contributed by atoms with Crippen molar-refractivity contribution in [1.82, 2.24) is 0 Å². The normalized spacial score (nSPS) is 28.0. The minimum atomic E-state index is -2.47. The number of rotatable bonds is 8. The number of fused-ring (bicyclic) bond motifs is 1. The van der Waals surface area contributed by atoms with Crippen LogP contribution in [0, 0.1) is 11.3 Å². The van der Waals surface area contributed by atoms with Gasteiger partial charge in [-0.1, -0.05) is 106 Å². The zero-order chi connectivity index (χ0) is 32.7. The molecule has 0 aromatic heterocycles. The highest BCUT2D eigenvalue weighted by atomic mass is 28.4. The van der Waals surface area contributed by atoms with E-state index < -0.39 is 63.4 Å². The molecule has 0 unspecified atom stereocenters. The van der Waals surface area contributed by atoms with Crippen LogP contribution < -0.4 is 5.19 Å². The van der Waals surface area contributed by atoms with E-state index >= 15 is 0 Å². The maximum atomic E-state index is 14.4. The lowest BCUT2D eigenvalue weighted by Gasteiger charge is -2.54. The van der Waals surface area contributed by atoms with Crippen LogP contribution in [0.25, 0.3) is 0 Å². The first kappa shape index (κ1) is 34.5. The lowest BCUT2D eigenvalue weighted by molar-refractivity contribution is -0.210. The Kier molecular flexibility index (Phi) is 9.75. The summed E-state index contributed by atoms with van der Waals surface area (Å²) in [6.45, 7) is 21.0. The lowest BCUT2D eigenvalue weighted by atomic mass is 9.66. The number of hydrogen-bond donors (Lipinski definition) is 1.